The molecule has 0 saturated carbocycles. The van der Waals surface area contributed by atoms with E-state index >= 15 is 0 Å². The van der Waals surface area contributed by atoms with E-state index in [1.807, 2.05) is 12.1 Å². The second kappa shape index (κ2) is 5.64. The fourth-order valence-electron chi connectivity index (χ4n) is 1.41. The molecule has 0 spiro atoms. The maximum Gasteiger partial charge on any atom is 0.337 e. The van der Waals surface area contributed by atoms with Crippen molar-refractivity contribution in [3.05, 3.63) is 52.6 Å². The Labute approximate surface area is 113 Å². The van der Waals surface area contributed by atoms with Crippen molar-refractivity contribution in [2.24, 2.45) is 0 Å². The van der Waals surface area contributed by atoms with E-state index in [9.17, 15) is 4.79 Å². The average molecular weight is 307 g/mol. The van der Waals surface area contributed by atoms with Crippen LogP contribution in [0.3, 0.4) is 0 Å². The largest absolute Gasteiger partial charge is 0.465 e. The lowest BCUT2D eigenvalue weighted by atomic mass is 10.2. The number of benzene rings is 1. The molecule has 0 atom stereocenters. The minimum Gasteiger partial charge on any atom is -0.465 e. The summed E-state index contributed by atoms with van der Waals surface area (Å²) in [4.78, 5) is 15.5. The Morgan fingerprint density at radius 2 is 1.94 bits per heavy atom. The molecule has 0 aliphatic heterocycles. The molecule has 0 fully saturated rings. The number of rotatable bonds is 3. The van der Waals surface area contributed by atoms with Crippen LogP contribution in [0.5, 0.6) is 0 Å². The standard InChI is InChI=1S/C13H11BrN2O2/c1-18-13(17)9-2-5-11(6-3-9)16-12-7-4-10(14)8-15-12/h2-8H,1H3,(H,15,16). The summed E-state index contributed by atoms with van der Waals surface area (Å²) in [7, 11) is 1.36. The van der Waals surface area contributed by atoms with E-state index in [-0.39, 0.29) is 5.97 Å². The van der Waals surface area contributed by atoms with E-state index in [4.69, 9.17) is 0 Å². The van der Waals surface area contributed by atoms with Crippen molar-refractivity contribution in [1.82, 2.24) is 4.98 Å². The highest BCUT2D eigenvalue weighted by Crippen LogP contribution is 2.17. The minimum atomic E-state index is -0.344. The molecule has 4 nitrogen and oxygen atoms in total. The number of hydrogen-bond acceptors (Lipinski definition) is 4. The van der Waals surface area contributed by atoms with Gasteiger partial charge in [0.25, 0.3) is 0 Å². The van der Waals surface area contributed by atoms with Crippen molar-refractivity contribution < 1.29 is 9.53 Å². The number of halogens is 1. The molecule has 1 N–H and O–H groups in total. The molecule has 1 heterocycles. The van der Waals surface area contributed by atoms with Crippen LogP contribution < -0.4 is 5.32 Å². The number of carbonyl (C=O) groups is 1. The van der Waals surface area contributed by atoms with E-state index in [0.29, 0.717) is 5.56 Å². The van der Waals surface area contributed by atoms with Crippen molar-refractivity contribution in [1.29, 1.82) is 0 Å². The second-order valence-corrected chi connectivity index (χ2v) is 4.47. The van der Waals surface area contributed by atoms with Gasteiger partial charge in [-0.15, -0.1) is 0 Å². The summed E-state index contributed by atoms with van der Waals surface area (Å²) >= 11 is 3.32. The zero-order chi connectivity index (χ0) is 13.0. The number of hydrogen-bond donors (Lipinski definition) is 1. The second-order valence-electron chi connectivity index (χ2n) is 3.56. The maximum atomic E-state index is 11.3. The third-order valence-corrected chi connectivity index (χ3v) is 2.77. The summed E-state index contributed by atoms with van der Waals surface area (Å²) in [6, 6.07) is 10.8. The average Bonchev–Trinajstić information content (AvgIpc) is 2.41. The van der Waals surface area contributed by atoms with E-state index in [2.05, 4.69) is 31.0 Å². The first kappa shape index (κ1) is 12.6. The number of nitrogens with zero attached hydrogens (tertiary/aromatic N) is 1. The number of esters is 1. The van der Waals surface area contributed by atoms with E-state index < -0.39 is 0 Å². The zero-order valence-corrected chi connectivity index (χ0v) is 11.3. The van der Waals surface area contributed by atoms with Gasteiger partial charge in [0, 0.05) is 16.4 Å². The van der Waals surface area contributed by atoms with Crippen LogP contribution in [0.4, 0.5) is 11.5 Å². The van der Waals surface area contributed by atoms with Crippen LogP contribution >= 0.6 is 15.9 Å². The lowest BCUT2D eigenvalue weighted by molar-refractivity contribution is 0.0601. The number of pyridine rings is 1. The van der Waals surface area contributed by atoms with Gasteiger partial charge < -0.3 is 10.1 Å². The fraction of sp³-hybridized carbons (Fsp3) is 0.0769. The predicted octanol–water partition coefficient (Wildman–Crippen LogP) is 3.37. The normalized spacial score (nSPS) is 9.89. The van der Waals surface area contributed by atoms with Gasteiger partial charge in [-0.25, -0.2) is 9.78 Å². The first-order chi connectivity index (χ1) is 8.69. The molecule has 1 aromatic heterocycles. The first-order valence-corrected chi connectivity index (χ1v) is 6.05. The highest BCUT2D eigenvalue weighted by atomic mass is 79.9. The van der Waals surface area contributed by atoms with E-state index in [0.717, 1.165) is 16.0 Å². The number of aromatic nitrogens is 1. The third-order valence-electron chi connectivity index (χ3n) is 2.31. The predicted molar refractivity (Wildman–Crippen MR) is 73.0 cm³/mol. The van der Waals surface area contributed by atoms with Gasteiger partial charge in [-0.05, 0) is 52.3 Å². The van der Waals surface area contributed by atoms with Gasteiger partial charge >= 0.3 is 5.97 Å². The molecule has 0 aliphatic rings. The third kappa shape index (κ3) is 3.07. The topological polar surface area (TPSA) is 51.2 Å². The maximum absolute atomic E-state index is 11.3. The highest BCUT2D eigenvalue weighted by molar-refractivity contribution is 9.10. The lowest BCUT2D eigenvalue weighted by Gasteiger charge is -2.06. The first-order valence-electron chi connectivity index (χ1n) is 5.26. The summed E-state index contributed by atoms with van der Waals surface area (Å²) < 4.78 is 5.56. The summed E-state index contributed by atoms with van der Waals surface area (Å²) in [6.45, 7) is 0. The monoisotopic (exact) mass is 306 g/mol. The van der Waals surface area contributed by atoms with Gasteiger partial charge in [-0.2, -0.15) is 0 Å². The van der Waals surface area contributed by atoms with Crippen molar-refractivity contribution in [2.45, 2.75) is 0 Å². The quantitative estimate of drug-likeness (QED) is 0.883. The van der Waals surface area contributed by atoms with Crippen LogP contribution in [-0.2, 0) is 4.74 Å². The van der Waals surface area contributed by atoms with Crippen LogP contribution in [0.15, 0.2) is 47.1 Å². The SMILES string of the molecule is COC(=O)c1ccc(Nc2ccc(Br)cn2)cc1. The molecule has 2 aromatic rings. The summed E-state index contributed by atoms with van der Waals surface area (Å²) in [5.41, 5.74) is 1.38. The Morgan fingerprint density at radius 3 is 2.50 bits per heavy atom. The Balaban J connectivity index is 2.10. The van der Waals surface area contributed by atoms with Crippen LogP contribution in [0.1, 0.15) is 10.4 Å². The van der Waals surface area contributed by atoms with Gasteiger partial charge in [0.15, 0.2) is 0 Å². The number of ether oxygens (including phenoxy) is 1. The molecule has 1 aromatic carbocycles. The van der Waals surface area contributed by atoms with Gasteiger partial charge in [0.1, 0.15) is 5.82 Å². The molecule has 0 radical (unpaired) electrons. The van der Waals surface area contributed by atoms with Crippen molar-refractivity contribution >= 4 is 33.4 Å². The molecule has 0 amide bonds. The summed E-state index contributed by atoms with van der Waals surface area (Å²) in [5.74, 6) is 0.396. The summed E-state index contributed by atoms with van der Waals surface area (Å²) in [5, 5.41) is 3.13. The fourth-order valence-corrected chi connectivity index (χ4v) is 1.64. The molecule has 92 valence electrons. The van der Waals surface area contributed by atoms with Crippen molar-refractivity contribution in [3.63, 3.8) is 0 Å². The van der Waals surface area contributed by atoms with E-state index in [1.165, 1.54) is 7.11 Å². The van der Waals surface area contributed by atoms with E-state index in [1.54, 1.807) is 30.5 Å². The number of carbonyl (C=O) groups excluding carboxylic acids is 1. The molecule has 5 heteroatoms. The molecule has 0 aliphatic carbocycles. The van der Waals surface area contributed by atoms with Crippen molar-refractivity contribution in [2.75, 3.05) is 12.4 Å². The Hall–Kier alpha value is -1.88. The number of nitrogens with one attached hydrogen (secondary N) is 1. The molecule has 0 saturated heterocycles. The smallest absolute Gasteiger partial charge is 0.337 e. The van der Waals surface area contributed by atoms with Crippen LogP contribution in [0, 0.1) is 0 Å². The minimum absolute atomic E-state index is 0.344. The van der Waals surface area contributed by atoms with Gasteiger partial charge in [0.2, 0.25) is 0 Å². The molecule has 0 unspecified atom stereocenters. The van der Waals surface area contributed by atoms with Crippen LogP contribution in [-0.4, -0.2) is 18.1 Å². The molecular weight excluding hydrogens is 296 g/mol. The Kier molecular flexibility index (Phi) is 3.94. The molecule has 0 bridgehead atoms. The molecular formula is C13H11BrN2O2. The molecule has 18 heavy (non-hydrogen) atoms. The summed E-state index contributed by atoms with van der Waals surface area (Å²) in [6.07, 6.45) is 1.71. The zero-order valence-electron chi connectivity index (χ0n) is 9.68. The molecule has 2 rings (SSSR count). The van der Waals surface area contributed by atoms with Gasteiger partial charge in [-0.1, -0.05) is 0 Å². The van der Waals surface area contributed by atoms with Gasteiger partial charge in [-0.3, -0.25) is 0 Å². The van der Waals surface area contributed by atoms with Crippen LogP contribution in [0.25, 0.3) is 0 Å². The lowest BCUT2D eigenvalue weighted by Crippen LogP contribution is -2.01. The van der Waals surface area contributed by atoms with Crippen molar-refractivity contribution in [3.8, 4) is 0 Å². The van der Waals surface area contributed by atoms with Gasteiger partial charge in [0.05, 0.1) is 12.7 Å². The highest BCUT2D eigenvalue weighted by Gasteiger charge is 2.04. The van der Waals surface area contributed by atoms with Crippen LogP contribution in [0.2, 0.25) is 0 Å². The number of anilines is 2. The Morgan fingerprint density at radius 1 is 1.22 bits per heavy atom. The number of methoxy groups -OCH3 is 1. The Bertz CT molecular complexity index is 538.